The Morgan fingerprint density at radius 2 is 2.00 bits per heavy atom. The molecule has 0 aliphatic heterocycles. The zero-order chi connectivity index (χ0) is 19.8. The summed E-state index contributed by atoms with van der Waals surface area (Å²) in [5.74, 6) is 1.43. The minimum absolute atomic E-state index is 0.0992. The van der Waals surface area contributed by atoms with Gasteiger partial charge in [-0.1, -0.05) is 19.9 Å². The molecule has 2 rings (SSSR count). The number of aryl methyl sites for hydroxylation is 1. The highest BCUT2D eigenvalue weighted by atomic mass is 16.5. The minimum Gasteiger partial charge on any atom is -0.493 e. The largest absolute Gasteiger partial charge is 0.493 e. The number of pyridine rings is 1. The van der Waals surface area contributed by atoms with E-state index in [1.54, 1.807) is 25.4 Å². The van der Waals surface area contributed by atoms with Crippen molar-refractivity contribution in [2.75, 3.05) is 19.0 Å². The minimum atomic E-state index is -0.282. The number of aromatic nitrogens is 1. The standard InChI is InChI=1S/C21H26N2O4/c1-5-23-13-17(8-11-21(23)25)22-20(24)10-7-16-6-9-18(19(12-16)26-4)27-14-15(2)3/h6-13,15H,5,14H2,1-4H3,(H,22,24)/b10-7+. The van der Waals surface area contributed by atoms with Gasteiger partial charge in [-0.25, -0.2) is 0 Å². The Morgan fingerprint density at radius 1 is 1.22 bits per heavy atom. The lowest BCUT2D eigenvalue weighted by molar-refractivity contribution is -0.111. The first-order valence-electron chi connectivity index (χ1n) is 8.93. The summed E-state index contributed by atoms with van der Waals surface area (Å²) in [5.41, 5.74) is 1.29. The number of hydrogen-bond acceptors (Lipinski definition) is 4. The van der Waals surface area contributed by atoms with E-state index in [4.69, 9.17) is 9.47 Å². The number of methoxy groups -OCH3 is 1. The molecule has 6 heteroatoms. The molecule has 1 aromatic carbocycles. The summed E-state index contributed by atoms with van der Waals surface area (Å²) >= 11 is 0. The summed E-state index contributed by atoms with van der Waals surface area (Å²) in [6, 6.07) is 8.53. The van der Waals surface area contributed by atoms with Crippen molar-refractivity contribution in [3.63, 3.8) is 0 Å². The monoisotopic (exact) mass is 370 g/mol. The highest BCUT2D eigenvalue weighted by Gasteiger charge is 2.06. The Balaban J connectivity index is 2.06. The number of ether oxygens (including phenoxy) is 2. The molecule has 0 unspecified atom stereocenters. The molecule has 0 aliphatic carbocycles. The number of anilines is 1. The van der Waals surface area contributed by atoms with Gasteiger partial charge in [0.2, 0.25) is 5.91 Å². The fourth-order valence-electron chi connectivity index (χ4n) is 2.37. The summed E-state index contributed by atoms with van der Waals surface area (Å²) in [5, 5.41) is 2.75. The summed E-state index contributed by atoms with van der Waals surface area (Å²) in [6.45, 7) is 7.18. The van der Waals surface area contributed by atoms with Crippen molar-refractivity contribution in [3.05, 3.63) is 58.5 Å². The maximum Gasteiger partial charge on any atom is 0.250 e. The molecule has 0 atom stereocenters. The third-order valence-corrected chi connectivity index (χ3v) is 3.78. The molecular formula is C21H26N2O4. The second-order valence-electron chi connectivity index (χ2n) is 6.48. The quantitative estimate of drug-likeness (QED) is 0.722. The number of amides is 1. The molecule has 1 heterocycles. The van der Waals surface area contributed by atoms with Gasteiger partial charge in [-0.05, 0) is 42.7 Å². The summed E-state index contributed by atoms with van der Waals surface area (Å²) in [6.07, 6.45) is 4.75. The average molecular weight is 370 g/mol. The zero-order valence-corrected chi connectivity index (χ0v) is 16.2. The van der Waals surface area contributed by atoms with E-state index in [1.807, 2.05) is 25.1 Å². The fourth-order valence-corrected chi connectivity index (χ4v) is 2.37. The number of carbonyl (C=O) groups is 1. The van der Waals surface area contributed by atoms with Crippen LogP contribution in [0.2, 0.25) is 0 Å². The van der Waals surface area contributed by atoms with Gasteiger partial charge < -0.3 is 19.4 Å². The van der Waals surface area contributed by atoms with E-state index < -0.39 is 0 Å². The van der Waals surface area contributed by atoms with Crippen molar-refractivity contribution in [2.45, 2.75) is 27.3 Å². The second kappa shape index (κ2) is 9.62. The first-order valence-corrected chi connectivity index (χ1v) is 8.93. The molecule has 6 nitrogen and oxygen atoms in total. The zero-order valence-electron chi connectivity index (χ0n) is 16.2. The van der Waals surface area contributed by atoms with E-state index in [9.17, 15) is 9.59 Å². The molecule has 27 heavy (non-hydrogen) atoms. The van der Waals surface area contributed by atoms with Gasteiger partial charge in [0.15, 0.2) is 11.5 Å². The maximum atomic E-state index is 12.1. The number of hydrogen-bond donors (Lipinski definition) is 1. The Morgan fingerprint density at radius 3 is 2.67 bits per heavy atom. The van der Waals surface area contributed by atoms with E-state index in [-0.39, 0.29) is 11.5 Å². The first-order chi connectivity index (χ1) is 12.9. The summed E-state index contributed by atoms with van der Waals surface area (Å²) < 4.78 is 12.6. The lowest BCUT2D eigenvalue weighted by Crippen LogP contribution is -2.19. The molecule has 1 aromatic heterocycles. The summed E-state index contributed by atoms with van der Waals surface area (Å²) in [4.78, 5) is 23.7. The normalized spacial score (nSPS) is 11.0. The highest BCUT2D eigenvalue weighted by Crippen LogP contribution is 2.29. The Hall–Kier alpha value is -3.02. The van der Waals surface area contributed by atoms with E-state index in [0.29, 0.717) is 36.3 Å². The van der Waals surface area contributed by atoms with Gasteiger partial charge in [-0.2, -0.15) is 0 Å². The molecule has 1 N–H and O–H groups in total. The molecule has 144 valence electrons. The molecule has 0 aliphatic rings. The van der Waals surface area contributed by atoms with Gasteiger partial charge in [0.05, 0.1) is 19.4 Å². The average Bonchev–Trinajstić information content (AvgIpc) is 2.66. The molecular weight excluding hydrogens is 344 g/mol. The van der Waals surface area contributed by atoms with Gasteiger partial charge >= 0.3 is 0 Å². The SMILES string of the molecule is CCn1cc(NC(=O)/C=C/c2ccc(OCC(C)C)c(OC)c2)ccc1=O. The fraction of sp³-hybridized carbons (Fsp3) is 0.333. The molecule has 0 fully saturated rings. The van der Waals surface area contributed by atoms with Crippen LogP contribution in [0.25, 0.3) is 6.08 Å². The smallest absolute Gasteiger partial charge is 0.250 e. The number of nitrogens with zero attached hydrogens (tertiary/aromatic N) is 1. The van der Waals surface area contributed by atoms with Crippen LogP contribution in [0, 0.1) is 5.92 Å². The topological polar surface area (TPSA) is 69.6 Å². The molecule has 0 bridgehead atoms. The van der Waals surface area contributed by atoms with Crippen molar-refractivity contribution in [1.82, 2.24) is 4.57 Å². The van der Waals surface area contributed by atoms with Crippen LogP contribution in [-0.4, -0.2) is 24.2 Å². The summed E-state index contributed by atoms with van der Waals surface area (Å²) in [7, 11) is 1.58. The van der Waals surface area contributed by atoms with Crippen LogP contribution in [0.5, 0.6) is 11.5 Å². The van der Waals surface area contributed by atoms with Crippen LogP contribution in [0.4, 0.5) is 5.69 Å². The third kappa shape index (κ3) is 6.02. The second-order valence-corrected chi connectivity index (χ2v) is 6.48. The predicted octanol–water partition coefficient (Wildman–Crippen LogP) is 3.56. The number of rotatable bonds is 8. The lowest BCUT2D eigenvalue weighted by Gasteiger charge is -2.12. The first kappa shape index (κ1) is 20.3. The van der Waals surface area contributed by atoms with E-state index >= 15 is 0 Å². The van der Waals surface area contributed by atoms with Crippen LogP contribution in [0.15, 0.2) is 47.4 Å². The van der Waals surface area contributed by atoms with Crippen LogP contribution in [0.1, 0.15) is 26.3 Å². The van der Waals surface area contributed by atoms with Gasteiger partial charge in [-0.3, -0.25) is 9.59 Å². The number of carbonyl (C=O) groups excluding carboxylic acids is 1. The lowest BCUT2D eigenvalue weighted by atomic mass is 10.2. The maximum absolute atomic E-state index is 12.1. The van der Waals surface area contributed by atoms with Crippen molar-refractivity contribution in [1.29, 1.82) is 0 Å². The Labute approximate surface area is 159 Å². The van der Waals surface area contributed by atoms with Crippen LogP contribution < -0.4 is 20.3 Å². The molecule has 0 spiro atoms. The van der Waals surface area contributed by atoms with E-state index in [0.717, 1.165) is 5.56 Å². The molecule has 0 radical (unpaired) electrons. The predicted molar refractivity (Wildman–Crippen MR) is 107 cm³/mol. The molecule has 0 saturated heterocycles. The number of nitrogens with one attached hydrogen (secondary N) is 1. The van der Waals surface area contributed by atoms with Crippen molar-refractivity contribution >= 4 is 17.7 Å². The van der Waals surface area contributed by atoms with Crippen LogP contribution in [0.3, 0.4) is 0 Å². The molecule has 2 aromatic rings. The van der Waals surface area contributed by atoms with Crippen molar-refractivity contribution in [2.24, 2.45) is 5.92 Å². The van der Waals surface area contributed by atoms with Gasteiger partial charge in [-0.15, -0.1) is 0 Å². The third-order valence-electron chi connectivity index (χ3n) is 3.78. The van der Waals surface area contributed by atoms with Gasteiger partial charge in [0.1, 0.15) is 0 Å². The van der Waals surface area contributed by atoms with E-state index in [2.05, 4.69) is 19.2 Å². The van der Waals surface area contributed by atoms with E-state index in [1.165, 1.54) is 16.7 Å². The van der Waals surface area contributed by atoms with Crippen molar-refractivity contribution in [3.8, 4) is 11.5 Å². The van der Waals surface area contributed by atoms with Gasteiger partial charge in [0.25, 0.3) is 5.56 Å². The Kier molecular flexibility index (Phi) is 7.23. The van der Waals surface area contributed by atoms with Gasteiger partial charge in [0, 0.05) is 24.9 Å². The molecule has 0 saturated carbocycles. The number of benzene rings is 1. The van der Waals surface area contributed by atoms with Crippen molar-refractivity contribution < 1.29 is 14.3 Å². The molecule has 1 amide bonds. The Bertz CT molecular complexity index is 869. The van der Waals surface area contributed by atoms with Crippen LogP contribution >= 0.6 is 0 Å². The highest BCUT2D eigenvalue weighted by molar-refractivity contribution is 6.01. The van der Waals surface area contributed by atoms with Crippen LogP contribution in [-0.2, 0) is 11.3 Å².